The van der Waals surface area contributed by atoms with Crippen LogP contribution in [0.1, 0.15) is 0 Å². The van der Waals surface area contributed by atoms with Crippen molar-refractivity contribution in [1.29, 1.82) is 0 Å². The van der Waals surface area contributed by atoms with Gasteiger partial charge in [0.2, 0.25) is 5.89 Å². The average molecular weight is 721 g/mol. The smallest absolute Gasteiger partial charge is 0.227 e. The molecular formula is C51H32N2OS. The molecule has 0 saturated carbocycles. The van der Waals surface area contributed by atoms with Crippen LogP contribution in [0.15, 0.2) is 199 Å². The van der Waals surface area contributed by atoms with Crippen LogP contribution in [0.5, 0.6) is 0 Å². The van der Waals surface area contributed by atoms with Crippen molar-refractivity contribution >= 4 is 81.2 Å². The zero-order chi connectivity index (χ0) is 36.3. The first-order valence-electron chi connectivity index (χ1n) is 18.5. The van der Waals surface area contributed by atoms with E-state index in [0.29, 0.717) is 5.89 Å². The molecule has 0 aliphatic heterocycles. The molecule has 9 aromatic carbocycles. The summed E-state index contributed by atoms with van der Waals surface area (Å²) >= 11 is 1.80. The lowest BCUT2D eigenvalue weighted by atomic mass is 9.98. The van der Waals surface area contributed by atoms with Gasteiger partial charge in [0.05, 0.1) is 0 Å². The van der Waals surface area contributed by atoms with Crippen molar-refractivity contribution in [2.45, 2.75) is 0 Å². The zero-order valence-corrected chi connectivity index (χ0v) is 30.5. The lowest BCUT2D eigenvalue weighted by Crippen LogP contribution is -2.09. The fraction of sp³-hybridized carbons (Fsp3) is 0. The highest BCUT2D eigenvalue weighted by atomic mass is 32.1. The molecule has 0 unspecified atom stereocenters. The zero-order valence-electron chi connectivity index (χ0n) is 29.7. The van der Waals surface area contributed by atoms with E-state index in [1.807, 2.05) is 30.3 Å². The van der Waals surface area contributed by atoms with Gasteiger partial charge in [-0.15, -0.1) is 11.3 Å². The Kier molecular flexibility index (Phi) is 7.35. The molecule has 0 aliphatic carbocycles. The van der Waals surface area contributed by atoms with E-state index in [-0.39, 0.29) is 0 Å². The minimum Gasteiger partial charge on any atom is -0.436 e. The largest absolute Gasteiger partial charge is 0.436 e. The summed E-state index contributed by atoms with van der Waals surface area (Å²) in [6.07, 6.45) is 0. The first kappa shape index (κ1) is 31.5. The van der Waals surface area contributed by atoms with Gasteiger partial charge in [-0.05, 0) is 111 Å². The predicted molar refractivity (Wildman–Crippen MR) is 233 cm³/mol. The number of benzene rings is 9. The number of nitrogens with zero attached hydrogens (tertiary/aromatic N) is 2. The van der Waals surface area contributed by atoms with Crippen LogP contribution in [-0.2, 0) is 0 Å². The summed E-state index contributed by atoms with van der Waals surface area (Å²) in [4.78, 5) is 7.23. The van der Waals surface area contributed by atoms with E-state index >= 15 is 0 Å². The van der Waals surface area contributed by atoms with Crippen molar-refractivity contribution in [3.05, 3.63) is 194 Å². The molecule has 2 aromatic heterocycles. The topological polar surface area (TPSA) is 29.3 Å². The molecule has 0 bridgehead atoms. The predicted octanol–water partition coefficient (Wildman–Crippen LogP) is 15.0. The van der Waals surface area contributed by atoms with Gasteiger partial charge in [-0.25, -0.2) is 4.98 Å². The van der Waals surface area contributed by atoms with Gasteiger partial charge in [-0.1, -0.05) is 127 Å². The Morgan fingerprint density at radius 2 is 1.05 bits per heavy atom. The highest BCUT2D eigenvalue weighted by Crippen LogP contribution is 2.43. The summed E-state index contributed by atoms with van der Waals surface area (Å²) in [6.45, 7) is 0. The maximum Gasteiger partial charge on any atom is 0.227 e. The number of aromatic nitrogens is 1. The van der Waals surface area contributed by atoms with E-state index in [2.05, 4.69) is 169 Å². The van der Waals surface area contributed by atoms with Gasteiger partial charge in [0, 0.05) is 42.8 Å². The highest BCUT2D eigenvalue weighted by Gasteiger charge is 2.18. The Hall–Kier alpha value is -7.01. The van der Waals surface area contributed by atoms with Crippen molar-refractivity contribution in [2.24, 2.45) is 0 Å². The summed E-state index contributed by atoms with van der Waals surface area (Å²) in [5.41, 5.74) is 10.8. The van der Waals surface area contributed by atoms with E-state index in [0.717, 1.165) is 33.7 Å². The first-order valence-corrected chi connectivity index (χ1v) is 19.3. The molecule has 0 fully saturated rings. The van der Waals surface area contributed by atoms with Crippen molar-refractivity contribution in [2.75, 3.05) is 4.90 Å². The molecule has 11 aromatic rings. The van der Waals surface area contributed by atoms with E-state index in [1.165, 1.54) is 64.0 Å². The monoisotopic (exact) mass is 720 g/mol. The van der Waals surface area contributed by atoms with Crippen LogP contribution in [0.3, 0.4) is 0 Å². The minimum absolute atomic E-state index is 0.647. The second kappa shape index (κ2) is 12.8. The maximum atomic E-state index is 6.28. The molecule has 0 N–H and O–H groups in total. The maximum absolute atomic E-state index is 6.28. The fourth-order valence-corrected chi connectivity index (χ4v) is 9.08. The summed E-state index contributed by atoms with van der Waals surface area (Å²) in [6, 6.07) is 69.5. The number of rotatable bonds is 6. The number of fused-ring (bicyclic) bond motifs is 6. The highest BCUT2D eigenvalue weighted by molar-refractivity contribution is 7.25. The number of oxazole rings is 1. The van der Waals surface area contributed by atoms with E-state index in [1.54, 1.807) is 11.3 Å². The van der Waals surface area contributed by atoms with Crippen LogP contribution in [0.4, 0.5) is 17.1 Å². The molecule has 0 amide bonds. The first-order chi connectivity index (χ1) is 27.2. The fourth-order valence-electron chi connectivity index (χ4n) is 7.93. The second-order valence-electron chi connectivity index (χ2n) is 14.0. The molecular weight excluding hydrogens is 689 g/mol. The molecule has 258 valence electrons. The molecule has 0 spiro atoms. The van der Waals surface area contributed by atoms with E-state index in [9.17, 15) is 0 Å². The molecule has 11 rings (SSSR count). The van der Waals surface area contributed by atoms with Crippen molar-refractivity contribution < 1.29 is 4.42 Å². The average Bonchev–Trinajstić information content (AvgIpc) is 3.83. The summed E-state index contributed by atoms with van der Waals surface area (Å²) < 4.78 is 8.69. The van der Waals surface area contributed by atoms with Crippen LogP contribution >= 0.6 is 11.3 Å². The third-order valence-corrected chi connectivity index (χ3v) is 11.8. The van der Waals surface area contributed by atoms with Gasteiger partial charge in [0.15, 0.2) is 5.58 Å². The molecule has 0 saturated heterocycles. The van der Waals surface area contributed by atoms with Gasteiger partial charge in [0.1, 0.15) is 5.52 Å². The minimum atomic E-state index is 0.647. The standard InChI is InChI=1S/C51H32N2OS/c1-3-10-33(11-4-1)37-18-19-39-29-41(25-22-38(39)28-37)53(40-23-20-35(21-24-40)44-17-9-15-34-12-7-8-16-43(34)44)42-26-27-45-46-31-48-47(32-50(46)55-49(45)30-42)52-51(54-48)36-13-5-2-6-14-36/h1-32H. The Balaban J connectivity index is 1.03. The number of anilines is 3. The molecule has 0 aliphatic rings. The number of hydrogen-bond acceptors (Lipinski definition) is 4. The van der Waals surface area contributed by atoms with Crippen LogP contribution in [0, 0.1) is 0 Å². The number of hydrogen-bond donors (Lipinski definition) is 0. The van der Waals surface area contributed by atoms with Crippen molar-refractivity contribution in [1.82, 2.24) is 4.98 Å². The van der Waals surface area contributed by atoms with Crippen LogP contribution in [0.2, 0.25) is 0 Å². The third kappa shape index (κ3) is 5.54. The molecule has 2 heterocycles. The van der Waals surface area contributed by atoms with Gasteiger partial charge >= 0.3 is 0 Å². The normalized spacial score (nSPS) is 11.6. The van der Waals surface area contributed by atoms with Gasteiger partial charge in [-0.3, -0.25) is 0 Å². The lowest BCUT2D eigenvalue weighted by molar-refractivity contribution is 0.620. The van der Waals surface area contributed by atoms with Gasteiger partial charge in [0.25, 0.3) is 0 Å². The van der Waals surface area contributed by atoms with E-state index in [4.69, 9.17) is 9.40 Å². The Labute approximate surface area is 322 Å². The van der Waals surface area contributed by atoms with Crippen LogP contribution in [-0.4, -0.2) is 4.98 Å². The Bertz CT molecular complexity index is 3190. The van der Waals surface area contributed by atoms with Crippen molar-refractivity contribution in [3.63, 3.8) is 0 Å². The van der Waals surface area contributed by atoms with E-state index < -0.39 is 0 Å². The van der Waals surface area contributed by atoms with Gasteiger partial charge < -0.3 is 9.32 Å². The van der Waals surface area contributed by atoms with Crippen molar-refractivity contribution in [3.8, 4) is 33.7 Å². The molecule has 3 nitrogen and oxygen atoms in total. The molecule has 4 heteroatoms. The Morgan fingerprint density at radius 3 is 1.91 bits per heavy atom. The summed E-state index contributed by atoms with van der Waals surface area (Å²) in [5, 5.41) is 7.30. The number of thiophene rings is 1. The third-order valence-electron chi connectivity index (χ3n) is 10.7. The molecule has 0 atom stereocenters. The molecule has 0 radical (unpaired) electrons. The van der Waals surface area contributed by atoms with Crippen LogP contribution in [0.25, 0.3) is 86.5 Å². The molecule has 55 heavy (non-hydrogen) atoms. The second-order valence-corrected chi connectivity index (χ2v) is 15.1. The van der Waals surface area contributed by atoms with Crippen LogP contribution < -0.4 is 4.90 Å². The summed E-state index contributed by atoms with van der Waals surface area (Å²) in [5.74, 6) is 0.647. The quantitative estimate of drug-likeness (QED) is 0.171. The SMILES string of the molecule is c1ccc(-c2ccc3cc(N(c4ccc(-c5cccc6ccccc56)cc4)c4ccc5c(c4)sc4cc6nc(-c7ccccc7)oc6cc45)ccc3c2)cc1. The Morgan fingerprint density at radius 1 is 0.400 bits per heavy atom. The van der Waals surface area contributed by atoms with Gasteiger partial charge in [-0.2, -0.15) is 0 Å². The summed E-state index contributed by atoms with van der Waals surface area (Å²) in [7, 11) is 0. The lowest BCUT2D eigenvalue weighted by Gasteiger charge is -2.26.